The van der Waals surface area contributed by atoms with E-state index in [4.69, 9.17) is 14.2 Å². The van der Waals surface area contributed by atoms with E-state index in [1.165, 1.54) is 4.90 Å². The highest BCUT2D eigenvalue weighted by Crippen LogP contribution is 2.35. The Morgan fingerprint density at radius 2 is 1.70 bits per heavy atom. The summed E-state index contributed by atoms with van der Waals surface area (Å²) in [5, 5.41) is 22.2. The van der Waals surface area contributed by atoms with Gasteiger partial charge in [-0.05, 0) is 128 Å². The highest BCUT2D eigenvalue weighted by Gasteiger charge is 2.51. The number of esters is 1. The summed E-state index contributed by atoms with van der Waals surface area (Å²) in [4.78, 5) is 55.7. The van der Waals surface area contributed by atoms with E-state index in [0.29, 0.717) is 63.7 Å². The van der Waals surface area contributed by atoms with Crippen LogP contribution >= 0.6 is 0 Å². The van der Waals surface area contributed by atoms with E-state index in [1.54, 1.807) is 14.0 Å². The number of carbonyl (C=O) groups is 4. The minimum absolute atomic E-state index is 0.0222. The molecule has 362 valence electrons. The summed E-state index contributed by atoms with van der Waals surface area (Å²) in [6, 6.07) is -0.789. The van der Waals surface area contributed by atoms with Gasteiger partial charge in [-0.25, -0.2) is 13.3 Å². The number of methoxy groups -OCH3 is 1. The molecule has 0 aromatic rings. The Morgan fingerprint density at radius 1 is 0.938 bits per heavy atom. The second-order valence-corrected chi connectivity index (χ2v) is 21.1. The molecule has 4 fully saturated rings. The first-order valence-electron chi connectivity index (χ1n) is 24.5. The summed E-state index contributed by atoms with van der Waals surface area (Å²) in [6.07, 6.45) is 22.6. The van der Waals surface area contributed by atoms with Crippen molar-refractivity contribution in [1.82, 2.24) is 9.21 Å². The molecule has 64 heavy (non-hydrogen) atoms. The van der Waals surface area contributed by atoms with Crippen molar-refractivity contribution in [3.8, 4) is 0 Å². The molecule has 1 amide bonds. The van der Waals surface area contributed by atoms with Crippen LogP contribution in [0.2, 0.25) is 0 Å². The number of nitrogens with zero attached hydrogens (tertiary/aromatic N) is 2. The number of rotatable bonds is 23. The van der Waals surface area contributed by atoms with Gasteiger partial charge in [0.2, 0.25) is 5.79 Å². The largest absolute Gasteiger partial charge is 0.461 e. The van der Waals surface area contributed by atoms with Gasteiger partial charge in [0.1, 0.15) is 17.9 Å². The van der Waals surface area contributed by atoms with Crippen LogP contribution in [0.25, 0.3) is 0 Å². The van der Waals surface area contributed by atoms with Gasteiger partial charge in [-0.3, -0.25) is 14.4 Å². The van der Waals surface area contributed by atoms with Crippen molar-refractivity contribution >= 4 is 34.4 Å². The number of ether oxygens (including phenoxy) is 3. The number of aliphatic hydroxyl groups is 2. The molecular formula is C51H82N2O10S. The van der Waals surface area contributed by atoms with E-state index in [2.05, 4.69) is 39.8 Å². The van der Waals surface area contributed by atoms with Gasteiger partial charge in [-0.15, -0.1) is 0 Å². The predicted octanol–water partition coefficient (Wildman–Crippen LogP) is 8.13. The second kappa shape index (κ2) is 26.5. The average Bonchev–Trinajstić information content (AvgIpc) is 3.72. The number of likely N-dealkylation sites (tertiary alicyclic amines) is 1. The van der Waals surface area contributed by atoms with E-state index in [9.17, 15) is 33.6 Å². The molecule has 4 rings (SSSR count). The van der Waals surface area contributed by atoms with Crippen molar-refractivity contribution < 1.29 is 47.8 Å². The molecule has 13 heteroatoms. The minimum Gasteiger partial charge on any atom is -0.461 e. The fourth-order valence-corrected chi connectivity index (χ4v) is 11.4. The number of unbranched alkanes of at least 4 members (excludes halogenated alkanes) is 1. The summed E-state index contributed by atoms with van der Waals surface area (Å²) in [5.74, 6) is -4.00. The zero-order valence-corrected chi connectivity index (χ0v) is 41.2. The molecule has 1 aliphatic carbocycles. The highest BCUT2D eigenvalue weighted by molar-refractivity contribution is 7.82. The fourth-order valence-electron chi connectivity index (χ4n) is 9.91. The third kappa shape index (κ3) is 15.6. The maximum absolute atomic E-state index is 14.0. The molecule has 1 saturated carbocycles. The maximum atomic E-state index is 14.0. The van der Waals surface area contributed by atoms with Gasteiger partial charge in [0.25, 0.3) is 11.7 Å². The first-order chi connectivity index (χ1) is 30.5. The van der Waals surface area contributed by atoms with E-state index >= 15 is 0 Å². The van der Waals surface area contributed by atoms with E-state index in [-0.39, 0.29) is 55.3 Å². The molecule has 3 heterocycles. The molecule has 4 aliphatic rings. The van der Waals surface area contributed by atoms with Crippen LogP contribution in [0.5, 0.6) is 0 Å². The zero-order valence-electron chi connectivity index (χ0n) is 40.3. The lowest BCUT2D eigenvalue weighted by molar-refractivity contribution is -0.241. The molecule has 3 saturated heterocycles. The Bertz CT molecular complexity index is 1690. The van der Waals surface area contributed by atoms with Gasteiger partial charge in [0, 0.05) is 50.3 Å². The molecule has 2 N–H and O–H groups in total. The number of piperidine rings is 1. The Balaban J connectivity index is 1.30. The second-order valence-electron chi connectivity index (χ2n) is 19.6. The zero-order chi connectivity index (χ0) is 47.0. The SMILES string of the molecule is COC1CCCC(C[C@@H](C)[C@H](CCC/C=C(\C)C(O)CC(=O)C(C)C[C@H](C)/C=C/C=C/C=C(\C)C(C)N2CCCS2=O)OC(=O)C2CCCCN2C(=O)C(=O)C2(O)OCCCC2C)C1. The number of Topliss-reactive ketones (excluding diaryl/α,β-unsaturated/α-hetero) is 2. The van der Waals surface area contributed by atoms with Gasteiger partial charge in [-0.1, -0.05) is 82.6 Å². The Kier molecular flexibility index (Phi) is 22.3. The van der Waals surface area contributed by atoms with Crippen molar-refractivity contribution in [2.24, 2.45) is 29.6 Å². The van der Waals surface area contributed by atoms with Crippen molar-refractivity contribution in [2.75, 3.05) is 32.6 Å². The smallest absolute Gasteiger partial charge is 0.329 e. The number of hydrogen-bond acceptors (Lipinski definition) is 10. The average molecular weight is 915 g/mol. The lowest BCUT2D eigenvalue weighted by Crippen LogP contribution is -2.59. The number of aliphatic hydroxyl groups excluding tert-OH is 1. The third-order valence-corrected chi connectivity index (χ3v) is 16.1. The number of allylic oxidation sites excluding steroid dienone is 6. The third-order valence-electron chi connectivity index (χ3n) is 14.4. The first-order valence-corrected chi connectivity index (χ1v) is 25.7. The number of carbonyl (C=O) groups excluding carboxylic acids is 4. The molecule has 3 aliphatic heterocycles. The fraction of sp³-hybridized carbons (Fsp3) is 0.765. The van der Waals surface area contributed by atoms with Crippen LogP contribution in [0.1, 0.15) is 151 Å². The molecule has 0 aromatic carbocycles. The lowest BCUT2D eigenvalue weighted by Gasteiger charge is -2.39. The number of hydrogen-bond donors (Lipinski definition) is 2. The quantitative estimate of drug-likeness (QED) is 0.0337. The standard InChI is InChI=1S/C51H82N2O10S/c1-35(19-10-9-11-20-36(2)41(7)53-28-18-30-64(53)60)31-38(4)46(55)34-45(54)37(3)21-12-13-26-47(39(5)32-42-23-16-24-43(33-42)61-8)63-50(58)44-25-14-15-27-52(44)49(57)48(56)51(59)40(6)22-17-29-62-51/h9-11,19-21,35,38-45,47,54,59H,12-18,22-34H2,1-8H3/b11-9+,19-10+,36-20+,37-21+/t35-,38?,39-,40?,41?,42?,43?,44?,45?,47+,51?,64?/m1/s1. The van der Waals surface area contributed by atoms with Crippen LogP contribution in [0, 0.1) is 29.6 Å². The van der Waals surface area contributed by atoms with Crippen LogP contribution in [-0.4, -0.2) is 116 Å². The molecule has 0 radical (unpaired) electrons. The minimum atomic E-state index is -2.20. The Labute approximate surface area is 387 Å². The summed E-state index contributed by atoms with van der Waals surface area (Å²) in [5.41, 5.74) is 1.90. The Morgan fingerprint density at radius 3 is 2.41 bits per heavy atom. The molecule has 12 nitrogen and oxygen atoms in total. The van der Waals surface area contributed by atoms with Gasteiger partial charge in [0.05, 0.1) is 29.8 Å². The molecule has 9 unspecified atom stereocenters. The van der Waals surface area contributed by atoms with Gasteiger partial charge < -0.3 is 29.3 Å². The predicted molar refractivity (Wildman–Crippen MR) is 252 cm³/mol. The van der Waals surface area contributed by atoms with Crippen LogP contribution in [0.15, 0.2) is 47.6 Å². The van der Waals surface area contributed by atoms with E-state index < -0.39 is 58.6 Å². The molecule has 0 bridgehead atoms. The number of ketones is 2. The van der Waals surface area contributed by atoms with E-state index in [1.807, 2.05) is 42.5 Å². The van der Waals surface area contributed by atoms with Crippen LogP contribution in [0.4, 0.5) is 0 Å². The van der Waals surface area contributed by atoms with Gasteiger partial charge in [0.15, 0.2) is 0 Å². The molecule has 12 atom stereocenters. The van der Waals surface area contributed by atoms with Crippen LogP contribution in [-0.2, 0) is 44.4 Å². The highest BCUT2D eigenvalue weighted by atomic mass is 32.2. The van der Waals surface area contributed by atoms with Gasteiger partial charge in [-0.2, -0.15) is 0 Å². The van der Waals surface area contributed by atoms with Crippen LogP contribution in [0.3, 0.4) is 0 Å². The summed E-state index contributed by atoms with van der Waals surface area (Å²) in [7, 11) is 0.870. The first kappa shape index (κ1) is 53.8. The van der Waals surface area contributed by atoms with Gasteiger partial charge >= 0.3 is 5.97 Å². The summed E-state index contributed by atoms with van der Waals surface area (Å²) >= 11 is 0. The topological polar surface area (TPSA) is 160 Å². The van der Waals surface area contributed by atoms with E-state index in [0.717, 1.165) is 62.0 Å². The number of amides is 1. The lowest BCUT2D eigenvalue weighted by atomic mass is 9.80. The van der Waals surface area contributed by atoms with Crippen molar-refractivity contribution in [3.63, 3.8) is 0 Å². The molecular weight excluding hydrogens is 833 g/mol. The monoisotopic (exact) mass is 915 g/mol. The summed E-state index contributed by atoms with van der Waals surface area (Å²) in [6.45, 7) is 15.1. The van der Waals surface area contributed by atoms with Crippen molar-refractivity contribution in [2.45, 2.75) is 187 Å². The summed E-state index contributed by atoms with van der Waals surface area (Å²) < 4.78 is 31.8. The Hall–Kier alpha value is -2.81. The normalized spacial score (nSPS) is 29.3. The van der Waals surface area contributed by atoms with Crippen molar-refractivity contribution in [3.05, 3.63) is 47.6 Å². The maximum Gasteiger partial charge on any atom is 0.329 e. The van der Waals surface area contributed by atoms with Crippen molar-refractivity contribution in [1.29, 1.82) is 0 Å². The molecule has 0 aromatic heterocycles. The van der Waals surface area contributed by atoms with Crippen LogP contribution < -0.4 is 0 Å². The molecule has 0 spiro atoms.